The molecule has 1 aliphatic heterocycles. The molecule has 0 spiro atoms. The van der Waals surface area contributed by atoms with Crippen LogP contribution in [-0.4, -0.2) is 29.7 Å². The van der Waals surface area contributed by atoms with Crippen molar-refractivity contribution in [3.8, 4) is 17.6 Å². The Balaban J connectivity index is 1.43. The molecule has 0 radical (unpaired) electrons. The van der Waals surface area contributed by atoms with E-state index in [-0.39, 0.29) is 12.4 Å². The first-order valence-electron chi connectivity index (χ1n) is 10.7. The number of carbonyl (C=O) groups excluding carboxylic acids is 1. The van der Waals surface area contributed by atoms with E-state index in [0.717, 1.165) is 5.39 Å². The van der Waals surface area contributed by atoms with Crippen LogP contribution in [0.4, 0.5) is 4.39 Å². The van der Waals surface area contributed by atoms with Gasteiger partial charge in [0, 0.05) is 27.2 Å². The summed E-state index contributed by atoms with van der Waals surface area (Å²) in [5, 5.41) is 2.22. The van der Waals surface area contributed by atoms with Crippen molar-refractivity contribution in [2.75, 3.05) is 18.1 Å². The predicted molar refractivity (Wildman–Crippen MR) is 127 cm³/mol. The summed E-state index contributed by atoms with van der Waals surface area (Å²) in [6.07, 6.45) is 2.58. The molecule has 1 saturated heterocycles. The Morgan fingerprint density at radius 2 is 1.78 bits per heavy atom. The molecule has 0 amide bonds. The summed E-state index contributed by atoms with van der Waals surface area (Å²) in [5.74, 6) is 8.06. The summed E-state index contributed by atoms with van der Waals surface area (Å²) in [6, 6.07) is 18.3. The second-order valence-corrected chi connectivity index (χ2v) is 10.5. The fourth-order valence-electron chi connectivity index (χ4n) is 3.76. The lowest BCUT2D eigenvalue weighted by Gasteiger charge is -2.19. The minimum atomic E-state index is -1.03. The van der Waals surface area contributed by atoms with E-state index in [1.165, 1.54) is 46.8 Å². The zero-order valence-electron chi connectivity index (χ0n) is 18.3. The van der Waals surface area contributed by atoms with Crippen LogP contribution in [0.3, 0.4) is 0 Å². The maximum absolute atomic E-state index is 13.3. The van der Waals surface area contributed by atoms with E-state index >= 15 is 0 Å². The molecule has 5 heteroatoms. The molecule has 0 saturated carbocycles. The van der Waals surface area contributed by atoms with Crippen molar-refractivity contribution in [3.05, 3.63) is 72.0 Å². The second-order valence-electron chi connectivity index (χ2n) is 8.25. The first-order valence-corrected chi connectivity index (χ1v) is 12.3. The molecule has 4 rings (SSSR count). The Morgan fingerprint density at radius 1 is 1.03 bits per heavy atom. The van der Waals surface area contributed by atoms with E-state index < -0.39 is 11.6 Å². The number of fused-ring (bicyclic) bond motifs is 1. The summed E-state index contributed by atoms with van der Waals surface area (Å²) in [5.41, 5.74) is -0.498. The summed E-state index contributed by atoms with van der Waals surface area (Å²) >= 11 is 0. The number of carbonyl (C=O) groups is 1. The van der Waals surface area contributed by atoms with E-state index in [9.17, 15) is 9.18 Å². The summed E-state index contributed by atoms with van der Waals surface area (Å²) in [4.78, 5) is 13.8. The van der Waals surface area contributed by atoms with Crippen LogP contribution in [0.5, 0.6) is 5.75 Å². The zero-order valence-corrected chi connectivity index (χ0v) is 19.1. The quantitative estimate of drug-likeness (QED) is 0.293. The number of benzene rings is 3. The predicted octanol–water partition coefficient (Wildman–Crippen LogP) is 5.50. The lowest BCUT2D eigenvalue weighted by Crippen LogP contribution is -2.29. The maximum Gasteiger partial charge on any atom is 0.345 e. The van der Waals surface area contributed by atoms with Crippen molar-refractivity contribution >= 4 is 27.6 Å². The lowest BCUT2D eigenvalue weighted by atomic mass is 10.1. The number of esters is 1. The molecular formula is C27H26FO3S+. The fourth-order valence-corrected chi connectivity index (χ4v) is 6.26. The number of rotatable bonds is 5. The van der Waals surface area contributed by atoms with E-state index in [1.54, 1.807) is 26.0 Å². The molecule has 3 aromatic carbocycles. The van der Waals surface area contributed by atoms with Gasteiger partial charge in [-0.15, -0.1) is 0 Å². The van der Waals surface area contributed by atoms with Gasteiger partial charge in [0.25, 0.3) is 0 Å². The molecule has 1 aliphatic rings. The van der Waals surface area contributed by atoms with Crippen molar-refractivity contribution in [2.45, 2.75) is 37.2 Å². The zero-order chi connectivity index (χ0) is 22.6. The summed E-state index contributed by atoms with van der Waals surface area (Å²) < 4.78 is 24.7. The van der Waals surface area contributed by atoms with Crippen LogP contribution in [-0.2, 0) is 20.4 Å². The third kappa shape index (κ3) is 5.44. The Labute approximate surface area is 191 Å². The van der Waals surface area contributed by atoms with Gasteiger partial charge in [-0.25, -0.2) is 9.18 Å². The summed E-state index contributed by atoms with van der Waals surface area (Å²) in [6.45, 7) is 3.19. The average Bonchev–Trinajstić information content (AvgIpc) is 3.30. The molecule has 3 nitrogen and oxygen atoms in total. The van der Waals surface area contributed by atoms with Crippen molar-refractivity contribution in [3.63, 3.8) is 0 Å². The van der Waals surface area contributed by atoms with E-state index in [1.807, 2.05) is 24.3 Å². The van der Waals surface area contributed by atoms with Gasteiger partial charge in [-0.3, -0.25) is 0 Å². The standard InChI is InChI=1S/C27H26FO3S/c1-27(2,15-14-20-8-7-9-21(28)18-20)31-26(29)19-30-24-12-13-25(32-16-5-6-17-32)23-11-4-3-10-22(23)24/h3-4,7-13,18H,5-6,16-17,19H2,1-2H3/q+1. The molecule has 0 bridgehead atoms. The Kier molecular flexibility index (Phi) is 6.72. The highest BCUT2D eigenvalue weighted by Gasteiger charge is 2.29. The average molecular weight is 450 g/mol. The van der Waals surface area contributed by atoms with Gasteiger partial charge in [-0.2, -0.15) is 0 Å². The molecule has 3 aromatic rings. The number of hydrogen-bond acceptors (Lipinski definition) is 3. The van der Waals surface area contributed by atoms with E-state index in [2.05, 4.69) is 24.0 Å². The molecule has 0 aliphatic carbocycles. The first kappa shape index (κ1) is 22.2. The molecule has 0 unspecified atom stereocenters. The van der Waals surface area contributed by atoms with Gasteiger partial charge in [0.05, 0.1) is 0 Å². The Bertz CT molecular complexity index is 1190. The van der Waals surface area contributed by atoms with Crippen LogP contribution >= 0.6 is 0 Å². The molecule has 1 fully saturated rings. The number of ether oxygens (including phenoxy) is 2. The van der Waals surface area contributed by atoms with Crippen LogP contribution in [0, 0.1) is 17.7 Å². The van der Waals surface area contributed by atoms with E-state index in [4.69, 9.17) is 9.47 Å². The van der Waals surface area contributed by atoms with Crippen LogP contribution in [0.2, 0.25) is 0 Å². The highest BCUT2D eigenvalue weighted by molar-refractivity contribution is 7.97. The van der Waals surface area contributed by atoms with Crippen molar-refractivity contribution in [2.24, 2.45) is 0 Å². The molecule has 0 aromatic heterocycles. The van der Waals surface area contributed by atoms with Gasteiger partial charge in [0.2, 0.25) is 0 Å². The Hall–Kier alpha value is -2.97. The summed E-state index contributed by atoms with van der Waals surface area (Å²) in [7, 11) is 0.295. The minimum Gasteiger partial charge on any atom is -0.481 e. The minimum absolute atomic E-state index is 0.208. The van der Waals surface area contributed by atoms with Crippen molar-refractivity contribution in [1.82, 2.24) is 0 Å². The Morgan fingerprint density at radius 3 is 2.53 bits per heavy atom. The fraction of sp³-hybridized carbons (Fsp3) is 0.296. The monoisotopic (exact) mass is 449 g/mol. The van der Waals surface area contributed by atoms with Crippen LogP contribution in [0.25, 0.3) is 10.8 Å². The highest BCUT2D eigenvalue weighted by atomic mass is 32.2. The third-order valence-corrected chi connectivity index (χ3v) is 7.77. The molecule has 32 heavy (non-hydrogen) atoms. The lowest BCUT2D eigenvalue weighted by molar-refractivity contribution is -0.154. The molecular weight excluding hydrogens is 423 g/mol. The highest BCUT2D eigenvalue weighted by Crippen LogP contribution is 2.34. The van der Waals surface area contributed by atoms with Crippen LogP contribution in [0.15, 0.2) is 65.6 Å². The van der Waals surface area contributed by atoms with Crippen LogP contribution in [0.1, 0.15) is 32.3 Å². The smallest absolute Gasteiger partial charge is 0.345 e. The molecule has 0 atom stereocenters. The van der Waals surface area contributed by atoms with Gasteiger partial charge < -0.3 is 9.47 Å². The number of halogens is 1. The first-order chi connectivity index (χ1) is 15.4. The topological polar surface area (TPSA) is 35.5 Å². The van der Waals surface area contributed by atoms with Gasteiger partial charge >= 0.3 is 5.97 Å². The normalized spacial score (nSPS) is 14.1. The van der Waals surface area contributed by atoms with Gasteiger partial charge in [0.15, 0.2) is 17.1 Å². The van der Waals surface area contributed by atoms with Gasteiger partial charge in [-0.05, 0) is 63.1 Å². The van der Waals surface area contributed by atoms with Crippen molar-refractivity contribution < 1.29 is 18.7 Å². The SMILES string of the molecule is CC(C)(C#Cc1cccc(F)c1)OC(=O)COc1ccc([S+]2CCCC2)c2ccccc12. The van der Waals surface area contributed by atoms with Crippen molar-refractivity contribution in [1.29, 1.82) is 0 Å². The van der Waals surface area contributed by atoms with Gasteiger partial charge in [0.1, 0.15) is 23.1 Å². The third-order valence-electron chi connectivity index (χ3n) is 5.23. The maximum atomic E-state index is 13.3. The molecule has 0 N–H and O–H groups in total. The second kappa shape index (κ2) is 9.67. The van der Waals surface area contributed by atoms with E-state index in [0.29, 0.717) is 22.2 Å². The molecule has 1 heterocycles. The number of hydrogen-bond donors (Lipinski definition) is 0. The van der Waals surface area contributed by atoms with Crippen LogP contribution < -0.4 is 4.74 Å². The van der Waals surface area contributed by atoms with Gasteiger partial charge in [-0.1, -0.05) is 36.1 Å². The largest absolute Gasteiger partial charge is 0.481 e. The molecule has 164 valence electrons.